The lowest BCUT2D eigenvalue weighted by molar-refractivity contribution is -0.108. The lowest BCUT2D eigenvalue weighted by Gasteiger charge is -2.37. The number of ether oxygens (including phenoxy) is 1. The second-order valence-corrected chi connectivity index (χ2v) is 4.35. The number of anilines is 1. The molecule has 2 rings (SSSR count). The first-order valence-corrected chi connectivity index (χ1v) is 5.69. The molecule has 1 saturated heterocycles. The molecule has 2 unspecified atom stereocenters. The van der Waals surface area contributed by atoms with Crippen molar-refractivity contribution >= 4 is 5.69 Å². The molecule has 1 aliphatic heterocycles. The number of nitrogens with zero attached hydrogens (tertiary/aromatic N) is 1. The van der Waals surface area contributed by atoms with Crippen molar-refractivity contribution < 1.29 is 9.84 Å². The van der Waals surface area contributed by atoms with E-state index in [1.54, 1.807) is 18.5 Å². The van der Waals surface area contributed by atoms with Crippen LogP contribution in [0, 0.1) is 0 Å². The molecule has 88 valence electrons. The molecule has 0 aliphatic carbocycles. The Hall–Kier alpha value is -1.13. The molecule has 16 heavy (non-hydrogen) atoms. The summed E-state index contributed by atoms with van der Waals surface area (Å²) in [6.07, 6.45) is 5.49. The molecule has 0 amide bonds. The van der Waals surface area contributed by atoms with E-state index in [-0.39, 0.29) is 6.10 Å². The quantitative estimate of drug-likeness (QED) is 0.794. The molecule has 2 heterocycles. The molecular weight excluding hydrogens is 204 g/mol. The van der Waals surface area contributed by atoms with Gasteiger partial charge >= 0.3 is 0 Å². The van der Waals surface area contributed by atoms with Gasteiger partial charge < -0.3 is 15.6 Å². The van der Waals surface area contributed by atoms with Gasteiger partial charge in [0.2, 0.25) is 0 Å². The molecule has 1 aromatic rings. The van der Waals surface area contributed by atoms with Crippen LogP contribution in [0.1, 0.15) is 31.7 Å². The Labute approximate surface area is 95.4 Å². The molecule has 1 aliphatic rings. The minimum absolute atomic E-state index is 0.110. The highest BCUT2D eigenvalue weighted by Crippen LogP contribution is 2.37. The summed E-state index contributed by atoms with van der Waals surface area (Å²) in [5.74, 6) is 0. The van der Waals surface area contributed by atoms with Gasteiger partial charge in [-0.05, 0) is 12.5 Å². The van der Waals surface area contributed by atoms with Crippen molar-refractivity contribution in [2.75, 3.05) is 12.3 Å². The van der Waals surface area contributed by atoms with Crippen molar-refractivity contribution in [1.29, 1.82) is 0 Å². The molecule has 1 aromatic heterocycles. The van der Waals surface area contributed by atoms with Gasteiger partial charge in [-0.15, -0.1) is 0 Å². The maximum Gasteiger partial charge on any atom is 0.0977 e. The highest BCUT2D eigenvalue weighted by atomic mass is 16.5. The molecule has 0 aromatic carbocycles. The van der Waals surface area contributed by atoms with E-state index in [2.05, 4.69) is 11.9 Å². The summed E-state index contributed by atoms with van der Waals surface area (Å²) in [6.45, 7) is 2.63. The molecule has 1 fully saturated rings. The summed E-state index contributed by atoms with van der Waals surface area (Å²) in [6, 6.07) is 1.73. The summed E-state index contributed by atoms with van der Waals surface area (Å²) < 4.78 is 5.56. The van der Waals surface area contributed by atoms with Crippen molar-refractivity contribution in [3.8, 4) is 0 Å². The fraction of sp³-hybridized carbons (Fsp3) is 0.583. The molecule has 4 heteroatoms. The van der Waals surface area contributed by atoms with Crippen LogP contribution < -0.4 is 5.73 Å². The number of hydrogen-bond acceptors (Lipinski definition) is 4. The van der Waals surface area contributed by atoms with E-state index >= 15 is 0 Å². The van der Waals surface area contributed by atoms with E-state index in [0.717, 1.165) is 12.0 Å². The van der Waals surface area contributed by atoms with Gasteiger partial charge in [-0.2, -0.15) is 0 Å². The number of hydrogen-bond donors (Lipinski definition) is 2. The van der Waals surface area contributed by atoms with E-state index in [1.807, 2.05) is 0 Å². The Morgan fingerprint density at radius 1 is 1.69 bits per heavy atom. The van der Waals surface area contributed by atoms with E-state index in [9.17, 15) is 5.11 Å². The average molecular weight is 222 g/mol. The average Bonchev–Trinajstić information content (AvgIpc) is 2.29. The molecule has 3 N–H and O–H groups in total. The number of nitrogens with two attached hydrogens (primary N) is 1. The lowest BCUT2D eigenvalue weighted by Crippen LogP contribution is -2.39. The lowest BCUT2D eigenvalue weighted by atomic mass is 9.83. The maximum absolute atomic E-state index is 10.6. The Kier molecular flexibility index (Phi) is 3.12. The van der Waals surface area contributed by atoms with Gasteiger partial charge in [-0.1, -0.05) is 6.92 Å². The van der Waals surface area contributed by atoms with Crippen LogP contribution in [0.2, 0.25) is 0 Å². The van der Waals surface area contributed by atoms with Crippen molar-refractivity contribution in [3.05, 3.63) is 24.0 Å². The van der Waals surface area contributed by atoms with Crippen LogP contribution in [0.5, 0.6) is 0 Å². The second kappa shape index (κ2) is 4.39. The molecule has 2 atom stereocenters. The summed E-state index contributed by atoms with van der Waals surface area (Å²) in [7, 11) is 0. The topological polar surface area (TPSA) is 68.4 Å². The van der Waals surface area contributed by atoms with Gasteiger partial charge in [0.15, 0.2) is 0 Å². The highest BCUT2D eigenvalue weighted by molar-refractivity contribution is 5.47. The van der Waals surface area contributed by atoms with Crippen LogP contribution in [-0.4, -0.2) is 22.8 Å². The minimum atomic E-state index is -0.878. The molecule has 0 radical (unpaired) electrons. The first kappa shape index (κ1) is 11.4. The van der Waals surface area contributed by atoms with Crippen LogP contribution in [-0.2, 0) is 10.3 Å². The fourth-order valence-corrected chi connectivity index (χ4v) is 2.23. The van der Waals surface area contributed by atoms with Gasteiger partial charge in [0, 0.05) is 36.5 Å². The van der Waals surface area contributed by atoms with E-state index in [0.29, 0.717) is 25.1 Å². The smallest absolute Gasteiger partial charge is 0.0977 e. The van der Waals surface area contributed by atoms with Crippen LogP contribution in [0.15, 0.2) is 18.5 Å². The number of nitrogen functional groups attached to an aromatic ring is 1. The van der Waals surface area contributed by atoms with Crippen molar-refractivity contribution in [2.45, 2.75) is 37.9 Å². The molecule has 4 nitrogen and oxygen atoms in total. The summed E-state index contributed by atoms with van der Waals surface area (Å²) in [4.78, 5) is 4.04. The molecule has 0 spiro atoms. The number of rotatable bonds is 2. The van der Waals surface area contributed by atoms with Crippen molar-refractivity contribution in [3.63, 3.8) is 0 Å². The van der Waals surface area contributed by atoms with Gasteiger partial charge in [0.1, 0.15) is 0 Å². The summed E-state index contributed by atoms with van der Waals surface area (Å²) in [5, 5.41) is 10.6. The third-order valence-corrected chi connectivity index (χ3v) is 3.25. The monoisotopic (exact) mass is 222 g/mol. The van der Waals surface area contributed by atoms with Gasteiger partial charge in [0.25, 0.3) is 0 Å². The van der Waals surface area contributed by atoms with E-state index in [1.165, 1.54) is 0 Å². The van der Waals surface area contributed by atoms with Crippen molar-refractivity contribution in [1.82, 2.24) is 4.98 Å². The second-order valence-electron chi connectivity index (χ2n) is 4.35. The van der Waals surface area contributed by atoms with E-state index in [4.69, 9.17) is 10.5 Å². The van der Waals surface area contributed by atoms with Crippen LogP contribution in [0.25, 0.3) is 0 Å². The highest BCUT2D eigenvalue weighted by Gasteiger charge is 2.37. The predicted molar refractivity (Wildman–Crippen MR) is 61.8 cm³/mol. The number of pyridine rings is 1. The zero-order valence-electron chi connectivity index (χ0n) is 9.52. The standard InChI is InChI=1S/C12H18N2O2/c1-2-9-7-12(15,4-6-16-9)10-8-14-5-3-11(10)13/h3,5,8-9,15H,2,4,6-7H2,1H3,(H2,13,14). The summed E-state index contributed by atoms with van der Waals surface area (Å²) in [5.41, 5.74) is 6.34. The Morgan fingerprint density at radius 2 is 2.50 bits per heavy atom. The first-order valence-electron chi connectivity index (χ1n) is 5.69. The third-order valence-electron chi connectivity index (χ3n) is 3.25. The molecule has 0 saturated carbocycles. The summed E-state index contributed by atoms with van der Waals surface area (Å²) >= 11 is 0. The number of aromatic nitrogens is 1. The Morgan fingerprint density at radius 3 is 3.19 bits per heavy atom. The Bertz CT molecular complexity index is 370. The maximum atomic E-state index is 10.6. The molecular formula is C12H18N2O2. The Balaban J connectivity index is 2.27. The van der Waals surface area contributed by atoms with Gasteiger partial charge in [-0.3, -0.25) is 4.98 Å². The van der Waals surface area contributed by atoms with Crippen molar-refractivity contribution in [2.24, 2.45) is 0 Å². The van der Waals surface area contributed by atoms with Gasteiger partial charge in [-0.25, -0.2) is 0 Å². The number of aliphatic hydroxyl groups is 1. The zero-order chi connectivity index (χ0) is 11.6. The predicted octanol–water partition coefficient (Wildman–Crippen LogP) is 1.44. The van der Waals surface area contributed by atoms with Crippen LogP contribution in [0.4, 0.5) is 5.69 Å². The fourth-order valence-electron chi connectivity index (χ4n) is 2.23. The minimum Gasteiger partial charge on any atom is -0.398 e. The van der Waals surface area contributed by atoms with E-state index < -0.39 is 5.60 Å². The van der Waals surface area contributed by atoms with Crippen LogP contribution >= 0.6 is 0 Å². The van der Waals surface area contributed by atoms with Crippen LogP contribution in [0.3, 0.4) is 0 Å². The third kappa shape index (κ3) is 2.03. The van der Waals surface area contributed by atoms with Gasteiger partial charge in [0.05, 0.1) is 18.3 Å². The normalized spacial score (nSPS) is 30.2. The largest absolute Gasteiger partial charge is 0.398 e. The first-order chi connectivity index (χ1) is 7.65. The zero-order valence-corrected chi connectivity index (χ0v) is 9.52. The molecule has 0 bridgehead atoms. The SMILES string of the molecule is CCC1CC(O)(c2cnccc2N)CCO1.